The van der Waals surface area contributed by atoms with E-state index in [-0.39, 0.29) is 6.61 Å². The number of hydrogen-bond donors (Lipinski definition) is 2. The first kappa shape index (κ1) is 16.7. The number of primary amides is 1. The van der Waals surface area contributed by atoms with Crippen LogP contribution in [0.3, 0.4) is 0 Å². The van der Waals surface area contributed by atoms with Crippen molar-refractivity contribution in [1.82, 2.24) is 14.5 Å². The highest BCUT2D eigenvalue weighted by atomic mass is 16.5. The summed E-state index contributed by atoms with van der Waals surface area (Å²) in [6, 6.07) is 5.41. The number of nitrogens with zero attached hydrogens (tertiary/aromatic N) is 3. The molecular weight excluding hydrogens is 308 g/mol. The van der Waals surface area contributed by atoms with Crippen LogP contribution in [0.1, 0.15) is 31.5 Å². The molecule has 1 unspecified atom stereocenters. The first-order valence-electron chi connectivity index (χ1n) is 8.43. The van der Waals surface area contributed by atoms with Gasteiger partial charge in [0.1, 0.15) is 11.3 Å². The lowest BCUT2D eigenvalue weighted by atomic mass is 10.1. The summed E-state index contributed by atoms with van der Waals surface area (Å²) in [5.74, 6) is 1.62. The third-order valence-electron chi connectivity index (χ3n) is 4.48. The van der Waals surface area contributed by atoms with E-state index in [1.54, 1.807) is 12.1 Å². The van der Waals surface area contributed by atoms with Crippen LogP contribution in [0.15, 0.2) is 18.2 Å². The predicted molar refractivity (Wildman–Crippen MR) is 91.1 cm³/mol. The molecule has 2 aromatic rings. The number of imidazole rings is 1. The number of benzene rings is 1. The van der Waals surface area contributed by atoms with Crippen molar-refractivity contribution in [3.63, 3.8) is 0 Å². The summed E-state index contributed by atoms with van der Waals surface area (Å²) in [4.78, 5) is 18.3. The van der Waals surface area contributed by atoms with E-state index in [0.29, 0.717) is 23.7 Å². The van der Waals surface area contributed by atoms with Gasteiger partial charge in [0, 0.05) is 19.0 Å². The molecule has 1 atom stereocenters. The maximum atomic E-state index is 11.1. The first-order valence-corrected chi connectivity index (χ1v) is 8.43. The molecule has 3 N–H and O–H groups in total. The standard InChI is InChI=1S/C17H24N4O3/c1-2-7-20-8-6-12(11-20)16-19-15-13(21(16)9-10-22)4-3-5-14(15)24-17(18)23/h3-5,12,22H,2,6-11H2,1H3,(H2,18,23). The van der Waals surface area contributed by atoms with Crippen molar-refractivity contribution in [3.8, 4) is 5.75 Å². The normalized spacial score (nSPS) is 18.3. The van der Waals surface area contributed by atoms with E-state index in [1.165, 1.54) is 0 Å². The SMILES string of the molecule is CCCN1CCC(c2nc3c(OC(N)=O)cccc3n2CCO)C1. The molecule has 0 bridgehead atoms. The van der Waals surface area contributed by atoms with Gasteiger partial charge in [0.15, 0.2) is 5.75 Å². The zero-order valence-electron chi connectivity index (χ0n) is 13.9. The van der Waals surface area contributed by atoms with Crippen LogP contribution < -0.4 is 10.5 Å². The maximum Gasteiger partial charge on any atom is 0.410 e. The topological polar surface area (TPSA) is 93.6 Å². The molecule has 7 nitrogen and oxygen atoms in total. The molecule has 1 fully saturated rings. The Morgan fingerprint density at radius 3 is 3.00 bits per heavy atom. The quantitative estimate of drug-likeness (QED) is 0.839. The number of carbonyl (C=O) groups is 1. The molecule has 0 aliphatic carbocycles. The molecule has 1 aliphatic heterocycles. The van der Waals surface area contributed by atoms with Gasteiger partial charge in [0.25, 0.3) is 0 Å². The van der Waals surface area contributed by atoms with Crippen molar-refractivity contribution >= 4 is 17.1 Å². The number of aliphatic hydroxyl groups is 1. The summed E-state index contributed by atoms with van der Waals surface area (Å²) >= 11 is 0. The van der Waals surface area contributed by atoms with E-state index >= 15 is 0 Å². The third-order valence-corrected chi connectivity index (χ3v) is 4.48. The van der Waals surface area contributed by atoms with Crippen LogP contribution in [0.25, 0.3) is 11.0 Å². The van der Waals surface area contributed by atoms with Gasteiger partial charge in [0.2, 0.25) is 0 Å². The predicted octanol–water partition coefficient (Wildman–Crippen LogP) is 1.69. The third kappa shape index (κ3) is 3.22. The van der Waals surface area contributed by atoms with E-state index in [2.05, 4.69) is 11.8 Å². The minimum Gasteiger partial charge on any atom is -0.408 e. The fraction of sp³-hybridized carbons (Fsp3) is 0.529. The molecule has 1 aromatic carbocycles. The number of fused-ring (bicyclic) bond motifs is 1. The average molecular weight is 332 g/mol. The van der Waals surface area contributed by atoms with Gasteiger partial charge in [-0.05, 0) is 38.1 Å². The Hall–Kier alpha value is -2.12. The number of rotatable bonds is 6. The van der Waals surface area contributed by atoms with E-state index in [9.17, 15) is 9.90 Å². The Morgan fingerprint density at radius 2 is 2.29 bits per heavy atom. The van der Waals surface area contributed by atoms with E-state index < -0.39 is 6.09 Å². The number of hydrogen-bond acceptors (Lipinski definition) is 5. The van der Waals surface area contributed by atoms with E-state index in [4.69, 9.17) is 15.5 Å². The van der Waals surface area contributed by atoms with Crippen molar-refractivity contribution in [1.29, 1.82) is 0 Å². The highest BCUT2D eigenvalue weighted by Crippen LogP contribution is 2.33. The fourth-order valence-electron chi connectivity index (χ4n) is 3.54. The van der Waals surface area contributed by atoms with Crippen molar-refractivity contribution in [2.75, 3.05) is 26.2 Å². The molecule has 1 aliphatic rings. The van der Waals surface area contributed by atoms with Gasteiger partial charge < -0.3 is 25.0 Å². The lowest BCUT2D eigenvalue weighted by Crippen LogP contribution is -2.22. The van der Waals surface area contributed by atoms with Crippen LogP contribution in [-0.2, 0) is 6.54 Å². The van der Waals surface area contributed by atoms with Crippen LogP contribution >= 0.6 is 0 Å². The second-order valence-corrected chi connectivity index (χ2v) is 6.18. The van der Waals surface area contributed by atoms with Crippen molar-refractivity contribution in [2.24, 2.45) is 5.73 Å². The Morgan fingerprint density at radius 1 is 1.46 bits per heavy atom. The van der Waals surface area contributed by atoms with Crippen LogP contribution in [0.2, 0.25) is 0 Å². The number of amides is 1. The monoisotopic (exact) mass is 332 g/mol. The van der Waals surface area contributed by atoms with Crippen molar-refractivity contribution < 1.29 is 14.6 Å². The van der Waals surface area contributed by atoms with Gasteiger partial charge in [-0.15, -0.1) is 0 Å². The summed E-state index contributed by atoms with van der Waals surface area (Å²) in [6.45, 7) is 5.80. The molecular formula is C17H24N4O3. The Bertz CT molecular complexity index is 728. The number of aliphatic hydroxyl groups excluding tert-OH is 1. The van der Waals surface area contributed by atoms with Gasteiger partial charge in [0.05, 0.1) is 12.1 Å². The Balaban J connectivity index is 2.00. The van der Waals surface area contributed by atoms with Gasteiger partial charge in [-0.1, -0.05) is 13.0 Å². The highest BCUT2D eigenvalue weighted by Gasteiger charge is 2.28. The van der Waals surface area contributed by atoms with Crippen LogP contribution in [0.5, 0.6) is 5.75 Å². The van der Waals surface area contributed by atoms with Gasteiger partial charge in [-0.3, -0.25) is 0 Å². The molecule has 1 aromatic heterocycles. The number of aromatic nitrogens is 2. The number of likely N-dealkylation sites (tertiary alicyclic amines) is 1. The Labute approximate surface area is 141 Å². The minimum absolute atomic E-state index is 0.0325. The summed E-state index contributed by atoms with van der Waals surface area (Å²) < 4.78 is 7.12. The van der Waals surface area contributed by atoms with Crippen molar-refractivity contribution in [2.45, 2.75) is 32.2 Å². The summed E-state index contributed by atoms with van der Waals surface area (Å²) in [5, 5.41) is 9.45. The molecule has 1 amide bonds. The van der Waals surface area contributed by atoms with Crippen LogP contribution in [0, 0.1) is 0 Å². The molecule has 2 heterocycles. The molecule has 0 saturated carbocycles. The average Bonchev–Trinajstić information content (AvgIpc) is 3.13. The molecule has 24 heavy (non-hydrogen) atoms. The smallest absolute Gasteiger partial charge is 0.408 e. The lowest BCUT2D eigenvalue weighted by molar-refractivity contribution is 0.211. The molecule has 0 spiro atoms. The summed E-state index contributed by atoms with van der Waals surface area (Å²) in [6.07, 6.45) is 1.33. The van der Waals surface area contributed by atoms with Crippen LogP contribution in [0.4, 0.5) is 4.79 Å². The number of para-hydroxylation sites is 1. The van der Waals surface area contributed by atoms with Gasteiger partial charge in [-0.25, -0.2) is 9.78 Å². The number of nitrogens with two attached hydrogens (primary N) is 1. The van der Waals surface area contributed by atoms with E-state index in [0.717, 1.165) is 43.8 Å². The summed E-state index contributed by atoms with van der Waals surface area (Å²) in [7, 11) is 0. The number of carbonyl (C=O) groups excluding carboxylic acids is 1. The summed E-state index contributed by atoms with van der Waals surface area (Å²) in [5.41, 5.74) is 6.62. The fourth-order valence-corrected chi connectivity index (χ4v) is 3.54. The first-order chi connectivity index (χ1) is 11.6. The van der Waals surface area contributed by atoms with Gasteiger partial charge in [-0.2, -0.15) is 0 Å². The van der Waals surface area contributed by atoms with Gasteiger partial charge >= 0.3 is 6.09 Å². The Kier molecular flexibility index (Phi) is 5.01. The molecule has 1 saturated heterocycles. The zero-order valence-corrected chi connectivity index (χ0v) is 13.9. The second kappa shape index (κ2) is 7.19. The van der Waals surface area contributed by atoms with E-state index in [1.807, 2.05) is 10.6 Å². The molecule has 3 rings (SSSR count). The molecule has 7 heteroatoms. The largest absolute Gasteiger partial charge is 0.410 e. The van der Waals surface area contributed by atoms with Crippen LogP contribution in [-0.4, -0.2) is 51.9 Å². The van der Waals surface area contributed by atoms with Crippen molar-refractivity contribution in [3.05, 3.63) is 24.0 Å². The molecule has 130 valence electrons. The maximum absolute atomic E-state index is 11.1. The lowest BCUT2D eigenvalue weighted by Gasteiger charge is -2.15. The second-order valence-electron chi connectivity index (χ2n) is 6.18. The highest BCUT2D eigenvalue weighted by molar-refractivity contribution is 5.85. The minimum atomic E-state index is -0.851. The zero-order chi connectivity index (χ0) is 17.1. The number of ether oxygens (including phenoxy) is 1. The molecule has 0 radical (unpaired) electrons.